The summed E-state index contributed by atoms with van der Waals surface area (Å²) in [5, 5.41) is 4.39. The molecule has 2 N–H and O–H groups in total. The monoisotopic (exact) mass is 597 g/mol. The molecule has 40 heavy (non-hydrogen) atoms. The Labute approximate surface area is 242 Å². The van der Waals surface area contributed by atoms with Gasteiger partial charge in [0.2, 0.25) is 5.91 Å². The highest BCUT2D eigenvalue weighted by atomic mass is 35.5. The molecule has 3 amide bonds. The molecule has 1 atom stereocenters. The van der Waals surface area contributed by atoms with Crippen LogP contribution < -0.4 is 19.7 Å². The first-order valence-electron chi connectivity index (χ1n) is 12.4. The molecule has 3 aromatic carbocycles. The van der Waals surface area contributed by atoms with E-state index in [0.717, 1.165) is 5.56 Å². The summed E-state index contributed by atoms with van der Waals surface area (Å²) in [6, 6.07) is 22.0. The van der Waals surface area contributed by atoms with Crippen LogP contribution in [0.3, 0.4) is 0 Å². The minimum Gasteiger partial charge on any atom is -0.497 e. The van der Waals surface area contributed by atoms with E-state index in [4.69, 9.17) is 16.3 Å². The topological polar surface area (TPSA) is 105 Å². The zero-order valence-corrected chi connectivity index (χ0v) is 24.2. The fourth-order valence-electron chi connectivity index (χ4n) is 4.17. The molecule has 4 rings (SSSR count). The van der Waals surface area contributed by atoms with E-state index in [2.05, 4.69) is 5.32 Å². The number of amides is 3. The highest BCUT2D eigenvalue weighted by Crippen LogP contribution is 2.33. The summed E-state index contributed by atoms with van der Waals surface area (Å²) < 4.78 is 34.0. The van der Waals surface area contributed by atoms with E-state index in [1.807, 2.05) is 42.0 Å². The van der Waals surface area contributed by atoms with Crippen LogP contribution in [0, 0.1) is 0 Å². The number of likely N-dealkylation sites (N-methyl/N-ethyl adjacent to an activating group) is 1. The number of urea groups is 1. The molecular formula is C29H28ClN3O5S2. The maximum atomic E-state index is 13.7. The van der Waals surface area contributed by atoms with Gasteiger partial charge in [0.25, 0.3) is 10.0 Å². The molecule has 0 radical (unpaired) electrons. The van der Waals surface area contributed by atoms with Crippen LogP contribution in [-0.4, -0.2) is 40.1 Å². The maximum absolute atomic E-state index is 13.7. The summed E-state index contributed by atoms with van der Waals surface area (Å²) in [6.07, 6.45) is 0.159. The summed E-state index contributed by atoms with van der Waals surface area (Å²) in [7, 11) is -2.70. The Morgan fingerprint density at radius 2 is 1.73 bits per heavy atom. The number of halogens is 1. The number of rotatable bonds is 10. The van der Waals surface area contributed by atoms with Crippen molar-refractivity contribution in [2.45, 2.75) is 24.3 Å². The first-order valence-corrected chi connectivity index (χ1v) is 15.1. The molecule has 0 saturated carbocycles. The van der Waals surface area contributed by atoms with E-state index in [1.54, 1.807) is 55.0 Å². The van der Waals surface area contributed by atoms with Crippen molar-refractivity contribution < 1.29 is 22.7 Å². The van der Waals surface area contributed by atoms with Crippen LogP contribution >= 0.6 is 22.9 Å². The van der Waals surface area contributed by atoms with Gasteiger partial charge < -0.3 is 15.0 Å². The van der Waals surface area contributed by atoms with Gasteiger partial charge in [-0.3, -0.25) is 4.79 Å². The van der Waals surface area contributed by atoms with Gasteiger partial charge in [-0.2, -0.15) is 0 Å². The van der Waals surface area contributed by atoms with E-state index in [-0.39, 0.29) is 11.3 Å². The molecule has 0 spiro atoms. The molecular weight excluding hydrogens is 570 g/mol. The van der Waals surface area contributed by atoms with Gasteiger partial charge in [0, 0.05) is 24.2 Å². The molecule has 11 heteroatoms. The van der Waals surface area contributed by atoms with Crippen molar-refractivity contribution in [3.05, 3.63) is 100 Å². The molecule has 1 aromatic heterocycles. The first kappa shape index (κ1) is 29.1. The van der Waals surface area contributed by atoms with Crippen LogP contribution in [0.15, 0.2) is 95.2 Å². The Balaban J connectivity index is 1.56. The zero-order valence-electron chi connectivity index (χ0n) is 21.8. The molecule has 208 valence electrons. The summed E-state index contributed by atoms with van der Waals surface area (Å²) in [5.41, 5.74) is 2.71. The third kappa shape index (κ3) is 7.01. The number of carbonyl (C=O) groups excluding carboxylic acids is 2. The third-order valence-electron chi connectivity index (χ3n) is 6.15. The lowest BCUT2D eigenvalue weighted by atomic mass is 10.0. The summed E-state index contributed by atoms with van der Waals surface area (Å²) in [5.74, 6) is 0.249. The highest BCUT2D eigenvalue weighted by Gasteiger charge is 2.28. The smallest absolute Gasteiger partial charge is 0.329 e. The molecule has 4 aromatic rings. The van der Waals surface area contributed by atoms with Crippen molar-refractivity contribution in [1.82, 2.24) is 10.0 Å². The number of anilines is 1. The zero-order chi connectivity index (χ0) is 28.7. The Bertz CT molecular complexity index is 1570. The molecule has 1 heterocycles. The highest BCUT2D eigenvalue weighted by molar-refractivity contribution is 7.90. The van der Waals surface area contributed by atoms with Gasteiger partial charge in [0.05, 0.1) is 12.0 Å². The van der Waals surface area contributed by atoms with Crippen LogP contribution in [0.4, 0.5) is 10.5 Å². The van der Waals surface area contributed by atoms with Crippen LogP contribution in [0.5, 0.6) is 5.75 Å². The molecule has 0 unspecified atom stereocenters. The van der Waals surface area contributed by atoms with Gasteiger partial charge in [0.15, 0.2) is 0 Å². The van der Waals surface area contributed by atoms with Crippen molar-refractivity contribution in [2.24, 2.45) is 0 Å². The number of hydrogen-bond donors (Lipinski definition) is 2. The van der Waals surface area contributed by atoms with Crippen molar-refractivity contribution in [3.63, 3.8) is 0 Å². The predicted octanol–water partition coefficient (Wildman–Crippen LogP) is 5.73. The molecule has 0 aliphatic heterocycles. The Morgan fingerprint density at radius 1 is 1.00 bits per heavy atom. The quantitative estimate of drug-likeness (QED) is 0.243. The number of nitrogens with zero attached hydrogens (tertiary/aromatic N) is 1. The van der Waals surface area contributed by atoms with Crippen molar-refractivity contribution in [1.29, 1.82) is 0 Å². The normalized spacial score (nSPS) is 11.9. The second-order valence-electron chi connectivity index (χ2n) is 8.74. The number of ether oxygens (including phenoxy) is 1. The van der Waals surface area contributed by atoms with Crippen LogP contribution in [0.25, 0.3) is 11.1 Å². The Kier molecular flexibility index (Phi) is 9.46. The summed E-state index contributed by atoms with van der Waals surface area (Å²) >= 11 is 7.55. The number of nitrogens with one attached hydrogen (secondary N) is 2. The van der Waals surface area contributed by atoms with Gasteiger partial charge >= 0.3 is 6.03 Å². The van der Waals surface area contributed by atoms with Crippen molar-refractivity contribution in [3.8, 4) is 16.9 Å². The number of thiophene rings is 1. The van der Waals surface area contributed by atoms with Gasteiger partial charge in [-0.1, -0.05) is 54.1 Å². The lowest BCUT2D eigenvalue weighted by Crippen LogP contribution is -2.53. The Morgan fingerprint density at radius 3 is 2.35 bits per heavy atom. The van der Waals surface area contributed by atoms with E-state index < -0.39 is 28.0 Å². The average molecular weight is 598 g/mol. The van der Waals surface area contributed by atoms with E-state index in [0.29, 0.717) is 33.4 Å². The minimum absolute atomic E-state index is 0.109. The summed E-state index contributed by atoms with van der Waals surface area (Å²) in [4.78, 5) is 28.1. The van der Waals surface area contributed by atoms with Crippen molar-refractivity contribution >= 4 is 50.6 Å². The number of sulfonamides is 1. The minimum atomic E-state index is -4.26. The first-order chi connectivity index (χ1) is 19.2. The number of carbonyl (C=O) groups is 2. The van der Waals surface area contributed by atoms with E-state index >= 15 is 0 Å². The van der Waals surface area contributed by atoms with E-state index in [9.17, 15) is 18.0 Å². The molecule has 0 aliphatic rings. The van der Waals surface area contributed by atoms with E-state index in [1.165, 1.54) is 28.4 Å². The van der Waals surface area contributed by atoms with Gasteiger partial charge in [-0.05, 0) is 65.9 Å². The fourth-order valence-corrected chi connectivity index (χ4v) is 6.09. The van der Waals surface area contributed by atoms with Gasteiger partial charge in [0.1, 0.15) is 16.1 Å². The molecule has 0 saturated heterocycles. The Hall–Kier alpha value is -3.86. The second-order valence-corrected chi connectivity index (χ2v) is 11.9. The standard InChI is InChI=1S/C29H28ClN3O5S2/c1-3-33(22-12-14-23(38-2)15-13-22)28(34)26(18-20-8-5-4-6-9-20)31-29(35)32-40(36,37)24-11-7-10-21(19-24)25-16-17-39-27(25)30/h4-17,19,26H,3,18H2,1-2H3,(H2,31,32,35)/t26-/m0/s1. The lowest BCUT2D eigenvalue weighted by molar-refractivity contribution is -0.120. The third-order valence-corrected chi connectivity index (χ3v) is 8.65. The SMILES string of the molecule is CCN(C(=O)[C@H](Cc1ccccc1)NC(=O)NS(=O)(=O)c1cccc(-c2ccsc2Cl)c1)c1ccc(OC)cc1. The van der Waals surface area contributed by atoms with Crippen LogP contribution in [0.1, 0.15) is 12.5 Å². The van der Waals surface area contributed by atoms with Gasteiger partial charge in [-0.25, -0.2) is 17.9 Å². The van der Waals surface area contributed by atoms with Gasteiger partial charge in [-0.15, -0.1) is 11.3 Å². The van der Waals surface area contributed by atoms with Crippen LogP contribution in [0.2, 0.25) is 4.34 Å². The lowest BCUT2D eigenvalue weighted by Gasteiger charge is -2.27. The maximum Gasteiger partial charge on any atom is 0.329 e. The molecule has 0 bridgehead atoms. The predicted molar refractivity (Wildman–Crippen MR) is 159 cm³/mol. The molecule has 8 nitrogen and oxygen atoms in total. The largest absolute Gasteiger partial charge is 0.497 e. The average Bonchev–Trinajstić information content (AvgIpc) is 3.39. The summed E-state index contributed by atoms with van der Waals surface area (Å²) in [6.45, 7) is 2.15. The molecule has 0 fully saturated rings. The van der Waals surface area contributed by atoms with Crippen molar-refractivity contribution in [2.75, 3.05) is 18.6 Å². The molecule has 0 aliphatic carbocycles. The number of methoxy groups -OCH3 is 1. The number of hydrogen-bond acceptors (Lipinski definition) is 6. The van der Waals surface area contributed by atoms with Crippen LogP contribution in [-0.2, 0) is 21.2 Å². The fraction of sp³-hybridized carbons (Fsp3) is 0.172. The second kappa shape index (κ2) is 13.0. The number of benzene rings is 3.